The minimum absolute atomic E-state index is 0.262. The number of benzene rings is 1. The van der Waals surface area contributed by atoms with E-state index in [0.717, 1.165) is 12.1 Å². The predicted octanol–water partition coefficient (Wildman–Crippen LogP) is 2.39. The predicted molar refractivity (Wildman–Crippen MR) is 50.0 cm³/mol. The van der Waals surface area contributed by atoms with Gasteiger partial charge in [-0.2, -0.15) is 13.2 Å². The average molecular weight is 237 g/mol. The summed E-state index contributed by atoms with van der Waals surface area (Å²) in [6, 6.07) is 4.82. The second-order valence-corrected chi connectivity index (χ2v) is 2.68. The van der Waals surface area contributed by atoms with Crippen molar-refractivity contribution in [1.82, 2.24) is 0 Å². The van der Waals surface area contributed by atoms with Gasteiger partial charge in [0.15, 0.2) is 0 Å². The molecule has 1 rings (SSSR count). The Morgan fingerprint density at radius 3 is 1.81 bits per heavy atom. The first-order valence-electron chi connectivity index (χ1n) is 4.05. The van der Waals surface area contributed by atoms with Crippen molar-refractivity contribution in [3.63, 3.8) is 0 Å². The van der Waals surface area contributed by atoms with E-state index < -0.39 is 17.9 Å². The van der Waals surface area contributed by atoms with Crippen molar-refractivity contribution < 1.29 is 28.2 Å². The highest BCUT2D eigenvalue weighted by Gasteiger charge is 2.29. The van der Waals surface area contributed by atoms with Crippen LogP contribution >= 0.6 is 0 Å². The monoisotopic (exact) mass is 237 g/mol. The van der Waals surface area contributed by atoms with Gasteiger partial charge in [-0.25, -0.2) is 4.79 Å². The van der Waals surface area contributed by atoms with Crippen molar-refractivity contribution in [1.29, 1.82) is 0 Å². The summed E-state index contributed by atoms with van der Waals surface area (Å²) < 4.78 is 36.0. The number of alkyl halides is 3. The molecule has 1 aromatic rings. The number of hydrogen-bond donors (Lipinski definition) is 3. The Kier molecular flexibility index (Phi) is 5.31. The Labute approximate surface area is 89.1 Å². The zero-order chi connectivity index (χ0) is 12.8. The molecule has 0 aliphatic carbocycles. The standard InChI is InChI=1S/C8H8F3N.CH2O3/c9-8(10,11)7-3-1-6(5-12)2-4-7;2-1(3)4/h1-4H,5,12H2;(H2,2,3,4). The Morgan fingerprint density at radius 1 is 1.19 bits per heavy atom. The quantitative estimate of drug-likeness (QED) is 0.700. The van der Waals surface area contributed by atoms with Gasteiger partial charge in [0.25, 0.3) is 0 Å². The van der Waals surface area contributed by atoms with E-state index >= 15 is 0 Å². The van der Waals surface area contributed by atoms with E-state index in [9.17, 15) is 13.2 Å². The Bertz CT molecular complexity index is 331. The molecule has 0 saturated carbocycles. The lowest BCUT2D eigenvalue weighted by Crippen LogP contribution is -2.05. The van der Waals surface area contributed by atoms with Crippen molar-refractivity contribution in [2.24, 2.45) is 5.73 Å². The van der Waals surface area contributed by atoms with Gasteiger partial charge in [-0.15, -0.1) is 0 Å². The molecule has 0 heterocycles. The second kappa shape index (κ2) is 5.96. The maximum Gasteiger partial charge on any atom is 0.503 e. The maximum atomic E-state index is 12.0. The van der Waals surface area contributed by atoms with Gasteiger partial charge in [-0.05, 0) is 17.7 Å². The van der Waals surface area contributed by atoms with Crippen LogP contribution in [-0.2, 0) is 12.7 Å². The van der Waals surface area contributed by atoms with E-state index in [1.54, 1.807) is 0 Å². The highest BCUT2D eigenvalue weighted by atomic mass is 19.4. The summed E-state index contributed by atoms with van der Waals surface area (Å²) in [5, 5.41) is 13.9. The lowest BCUT2D eigenvalue weighted by Gasteiger charge is -2.06. The highest BCUT2D eigenvalue weighted by molar-refractivity contribution is 5.53. The molecular formula is C9H10F3NO3. The second-order valence-electron chi connectivity index (χ2n) is 2.68. The van der Waals surface area contributed by atoms with E-state index in [0.29, 0.717) is 5.56 Å². The zero-order valence-electron chi connectivity index (χ0n) is 8.03. The van der Waals surface area contributed by atoms with Crippen LogP contribution < -0.4 is 5.73 Å². The largest absolute Gasteiger partial charge is 0.503 e. The average Bonchev–Trinajstić information content (AvgIpc) is 2.16. The number of halogens is 3. The SMILES string of the molecule is NCc1ccc(C(F)(F)F)cc1.O=C(O)O. The molecule has 0 aliphatic rings. The van der Waals surface area contributed by atoms with Crippen LogP contribution in [0.25, 0.3) is 0 Å². The molecule has 0 atom stereocenters. The molecule has 0 aromatic heterocycles. The molecule has 0 amide bonds. The first kappa shape index (κ1) is 14.2. The third kappa shape index (κ3) is 5.86. The minimum Gasteiger partial charge on any atom is -0.450 e. The summed E-state index contributed by atoms with van der Waals surface area (Å²) in [5.41, 5.74) is 5.29. The van der Waals surface area contributed by atoms with Crippen LogP contribution in [0.15, 0.2) is 24.3 Å². The first-order valence-corrected chi connectivity index (χ1v) is 4.05. The lowest BCUT2D eigenvalue weighted by atomic mass is 10.1. The van der Waals surface area contributed by atoms with Crippen LogP contribution in [-0.4, -0.2) is 16.4 Å². The lowest BCUT2D eigenvalue weighted by molar-refractivity contribution is -0.137. The Hall–Kier alpha value is -1.76. The molecule has 16 heavy (non-hydrogen) atoms. The van der Waals surface area contributed by atoms with E-state index in [2.05, 4.69) is 0 Å². The first-order chi connectivity index (χ1) is 7.27. The number of carboxylic acid groups (broad SMARTS) is 2. The van der Waals surface area contributed by atoms with Gasteiger partial charge in [-0.1, -0.05) is 12.1 Å². The van der Waals surface area contributed by atoms with Crippen molar-refractivity contribution in [2.45, 2.75) is 12.7 Å². The van der Waals surface area contributed by atoms with E-state index in [-0.39, 0.29) is 6.54 Å². The fraction of sp³-hybridized carbons (Fsp3) is 0.222. The fourth-order valence-corrected chi connectivity index (χ4v) is 0.830. The smallest absolute Gasteiger partial charge is 0.450 e. The summed E-state index contributed by atoms with van der Waals surface area (Å²) in [7, 11) is 0. The van der Waals surface area contributed by atoms with Crippen LogP contribution in [0.4, 0.5) is 18.0 Å². The van der Waals surface area contributed by atoms with Crippen molar-refractivity contribution >= 4 is 6.16 Å². The summed E-state index contributed by atoms with van der Waals surface area (Å²) in [5.74, 6) is 0. The molecule has 0 unspecified atom stereocenters. The molecule has 4 N–H and O–H groups in total. The number of hydrogen-bond acceptors (Lipinski definition) is 2. The molecule has 0 spiro atoms. The molecular weight excluding hydrogens is 227 g/mol. The number of rotatable bonds is 1. The van der Waals surface area contributed by atoms with Crippen molar-refractivity contribution in [3.8, 4) is 0 Å². The molecule has 0 radical (unpaired) electrons. The molecule has 4 nitrogen and oxygen atoms in total. The summed E-state index contributed by atoms with van der Waals surface area (Å²) in [4.78, 5) is 8.56. The van der Waals surface area contributed by atoms with Crippen LogP contribution in [0.5, 0.6) is 0 Å². The third-order valence-electron chi connectivity index (χ3n) is 1.52. The zero-order valence-corrected chi connectivity index (χ0v) is 8.03. The van der Waals surface area contributed by atoms with Crippen molar-refractivity contribution in [2.75, 3.05) is 0 Å². The van der Waals surface area contributed by atoms with E-state index in [1.165, 1.54) is 12.1 Å². The van der Waals surface area contributed by atoms with Crippen LogP contribution in [0, 0.1) is 0 Å². The van der Waals surface area contributed by atoms with Gasteiger partial charge >= 0.3 is 12.3 Å². The highest BCUT2D eigenvalue weighted by Crippen LogP contribution is 2.28. The Morgan fingerprint density at radius 2 is 1.56 bits per heavy atom. The van der Waals surface area contributed by atoms with Gasteiger partial charge in [0.1, 0.15) is 0 Å². The number of nitrogens with two attached hydrogens (primary N) is 1. The van der Waals surface area contributed by atoms with E-state index in [1.807, 2.05) is 0 Å². The van der Waals surface area contributed by atoms with Gasteiger partial charge in [0.2, 0.25) is 0 Å². The van der Waals surface area contributed by atoms with E-state index in [4.69, 9.17) is 20.7 Å². The van der Waals surface area contributed by atoms with Crippen LogP contribution in [0.1, 0.15) is 11.1 Å². The van der Waals surface area contributed by atoms with Gasteiger partial charge in [-0.3, -0.25) is 0 Å². The fourth-order valence-electron chi connectivity index (χ4n) is 0.830. The molecule has 0 bridgehead atoms. The number of carbonyl (C=O) groups is 1. The van der Waals surface area contributed by atoms with Gasteiger partial charge < -0.3 is 15.9 Å². The van der Waals surface area contributed by atoms with Crippen LogP contribution in [0.3, 0.4) is 0 Å². The van der Waals surface area contributed by atoms with Gasteiger partial charge in [0, 0.05) is 6.54 Å². The van der Waals surface area contributed by atoms with Gasteiger partial charge in [0.05, 0.1) is 5.56 Å². The Balaban J connectivity index is 0.000000487. The molecule has 90 valence electrons. The van der Waals surface area contributed by atoms with Crippen LogP contribution in [0.2, 0.25) is 0 Å². The summed E-state index contributed by atoms with van der Waals surface area (Å²) in [6.07, 6.45) is -6.09. The summed E-state index contributed by atoms with van der Waals surface area (Å²) in [6.45, 7) is 0.262. The topological polar surface area (TPSA) is 83.6 Å². The molecule has 1 aromatic carbocycles. The maximum absolute atomic E-state index is 12.0. The van der Waals surface area contributed by atoms with Crippen molar-refractivity contribution in [3.05, 3.63) is 35.4 Å². The third-order valence-corrected chi connectivity index (χ3v) is 1.52. The molecule has 0 aliphatic heterocycles. The minimum atomic E-state index is -4.26. The molecule has 0 saturated heterocycles. The molecule has 7 heteroatoms. The molecule has 0 fully saturated rings. The normalized spacial score (nSPS) is 10.2. The summed E-state index contributed by atoms with van der Waals surface area (Å²) >= 11 is 0.